The Morgan fingerprint density at radius 2 is 2.10 bits per heavy atom. The number of fused-ring (bicyclic) bond motifs is 1. The Balaban J connectivity index is 1.58. The molecule has 2 aliphatic rings. The van der Waals surface area contributed by atoms with Crippen LogP contribution in [-0.2, 0) is 11.2 Å². The fourth-order valence-electron chi connectivity index (χ4n) is 2.91. The van der Waals surface area contributed by atoms with Crippen LogP contribution in [-0.4, -0.2) is 25.8 Å². The maximum absolute atomic E-state index is 6.01. The first-order valence-electron chi connectivity index (χ1n) is 7.79. The van der Waals surface area contributed by atoms with Crippen LogP contribution in [0.5, 0.6) is 0 Å². The van der Waals surface area contributed by atoms with Crippen molar-refractivity contribution in [2.75, 3.05) is 19.7 Å². The number of ether oxygens (including phenoxy) is 1. The first-order chi connectivity index (χ1) is 10.3. The molecule has 0 aromatic heterocycles. The first kappa shape index (κ1) is 14.3. The van der Waals surface area contributed by atoms with Gasteiger partial charge in [-0.2, -0.15) is 0 Å². The Morgan fingerprint density at radius 3 is 2.95 bits per heavy atom. The van der Waals surface area contributed by atoms with Gasteiger partial charge < -0.3 is 10.1 Å². The van der Waals surface area contributed by atoms with Crippen LogP contribution in [0.3, 0.4) is 0 Å². The highest BCUT2D eigenvalue weighted by molar-refractivity contribution is 5.47. The van der Waals surface area contributed by atoms with Gasteiger partial charge in [0.1, 0.15) is 0 Å². The predicted molar refractivity (Wildman–Crippen MR) is 87.2 cm³/mol. The molecule has 2 nitrogen and oxygen atoms in total. The zero-order valence-electron chi connectivity index (χ0n) is 12.6. The van der Waals surface area contributed by atoms with Gasteiger partial charge in [-0.3, -0.25) is 0 Å². The molecular weight excluding hydrogens is 258 g/mol. The lowest BCUT2D eigenvalue weighted by molar-refractivity contribution is 0.117. The molecule has 1 aromatic rings. The van der Waals surface area contributed by atoms with Crippen molar-refractivity contribution in [2.45, 2.75) is 19.4 Å². The van der Waals surface area contributed by atoms with Crippen molar-refractivity contribution in [3.05, 3.63) is 71.3 Å². The smallest absolute Gasteiger partial charge is 0.0946 e. The SMILES string of the molecule is CC1CNCC=C2C=CC(OCCc3ccccc3)C=C21. The van der Waals surface area contributed by atoms with Crippen LogP contribution in [0.1, 0.15) is 12.5 Å². The summed E-state index contributed by atoms with van der Waals surface area (Å²) in [5.41, 5.74) is 4.11. The van der Waals surface area contributed by atoms with Crippen LogP contribution in [0.15, 0.2) is 65.8 Å². The van der Waals surface area contributed by atoms with Crippen LogP contribution >= 0.6 is 0 Å². The fraction of sp³-hybridized carbons (Fsp3) is 0.368. The average molecular weight is 281 g/mol. The standard InChI is InChI=1S/C19H23NO/c1-15-14-20-11-9-17-7-8-18(13-19(15)17)21-12-10-16-5-3-2-4-6-16/h2-9,13,15,18,20H,10-12,14H2,1H3. The van der Waals surface area contributed by atoms with E-state index in [-0.39, 0.29) is 6.10 Å². The minimum atomic E-state index is 0.112. The summed E-state index contributed by atoms with van der Waals surface area (Å²) in [6.45, 7) is 5.03. The third kappa shape index (κ3) is 3.72. The summed E-state index contributed by atoms with van der Waals surface area (Å²) in [6, 6.07) is 10.5. The minimum Gasteiger partial charge on any atom is -0.370 e. The molecule has 0 fully saturated rings. The maximum atomic E-state index is 6.01. The van der Waals surface area contributed by atoms with Gasteiger partial charge in [0.25, 0.3) is 0 Å². The minimum absolute atomic E-state index is 0.112. The number of allylic oxidation sites excluding steroid dienone is 2. The van der Waals surface area contributed by atoms with Crippen molar-refractivity contribution in [3.8, 4) is 0 Å². The van der Waals surface area contributed by atoms with Gasteiger partial charge >= 0.3 is 0 Å². The van der Waals surface area contributed by atoms with E-state index < -0.39 is 0 Å². The normalized spacial score (nSPS) is 24.8. The lowest BCUT2D eigenvalue weighted by Gasteiger charge is -2.22. The van der Waals surface area contributed by atoms with Gasteiger partial charge in [-0.05, 0) is 35.1 Å². The summed E-state index contributed by atoms with van der Waals surface area (Å²) in [7, 11) is 0. The van der Waals surface area contributed by atoms with Crippen molar-refractivity contribution < 1.29 is 4.74 Å². The molecule has 3 rings (SSSR count). The Hall–Kier alpha value is -1.64. The van der Waals surface area contributed by atoms with Crippen molar-refractivity contribution in [1.82, 2.24) is 5.32 Å². The van der Waals surface area contributed by atoms with E-state index in [1.165, 1.54) is 16.7 Å². The molecule has 0 amide bonds. The highest BCUT2D eigenvalue weighted by atomic mass is 16.5. The largest absolute Gasteiger partial charge is 0.370 e. The van der Waals surface area contributed by atoms with Crippen LogP contribution in [0.2, 0.25) is 0 Å². The third-order valence-corrected chi connectivity index (χ3v) is 4.13. The van der Waals surface area contributed by atoms with Gasteiger partial charge in [0.05, 0.1) is 12.7 Å². The molecule has 1 heterocycles. The van der Waals surface area contributed by atoms with Crippen molar-refractivity contribution in [3.63, 3.8) is 0 Å². The van der Waals surface area contributed by atoms with Crippen LogP contribution in [0, 0.1) is 5.92 Å². The molecule has 1 aromatic carbocycles. The number of hydrogen-bond donors (Lipinski definition) is 1. The fourth-order valence-corrected chi connectivity index (χ4v) is 2.91. The molecule has 0 spiro atoms. The average Bonchev–Trinajstić information content (AvgIpc) is 2.70. The Kier molecular flexibility index (Phi) is 4.69. The maximum Gasteiger partial charge on any atom is 0.0946 e. The molecular formula is C19H23NO. The summed E-state index contributed by atoms with van der Waals surface area (Å²) in [4.78, 5) is 0. The van der Waals surface area contributed by atoms with Gasteiger partial charge in [-0.1, -0.05) is 55.5 Å². The van der Waals surface area contributed by atoms with E-state index in [9.17, 15) is 0 Å². The lowest BCUT2D eigenvalue weighted by Crippen LogP contribution is -2.21. The monoisotopic (exact) mass is 281 g/mol. The second-order valence-corrected chi connectivity index (χ2v) is 5.77. The summed E-state index contributed by atoms with van der Waals surface area (Å²) < 4.78 is 6.01. The van der Waals surface area contributed by atoms with E-state index >= 15 is 0 Å². The molecule has 0 radical (unpaired) electrons. The van der Waals surface area contributed by atoms with E-state index in [0.717, 1.165) is 26.1 Å². The number of benzene rings is 1. The molecule has 0 saturated carbocycles. The van der Waals surface area contributed by atoms with E-state index in [4.69, 9.17) is 4.74 Å². The summed E-state index contributed by atoms with van der Waals surface area (Å²) in [6.07, 6.45) is 10.0. The zero-order chi connectivity index (χ0) is 14.5. The van der Waals surface area contributed by atoms with Crippen molar-refractivity contribution >= 4 is 0 Å². The third-order valence-electron chi connectivity index (χ3n) is 4.13. The molecule has 1 N–H and O–H groups in total. The van der Waals surface area contributed by atoms with Crippen LogP contribution < -0.4 is 5.32 Å². The molecule has 2 unspecified atom stereocenters. The Morgan fingerprint density at radius 1 is 1.24 bits per heavy atom. The quantitative estimate of drug-likeness (QED) is 0.914. The number of hydrogen-bond acceptors (Lipinski definition) is 2. The molecule has 1 aliphatic heterocycles. The van der Waals surface area contributed by atoms with Gasteiger partial charge in [0, 0.05) is 13.1 Å². The van der Waals surface area contributed by atoms with E-state index in [0.29, 0.717) is 5.92 Å². The first-order valence-corrected chi connectivity index (χ1v) is 7.79. The van der Waals surface area contributed by atoms with Crippen LogP contribution in [0.25, 0.3) is 0 Å². The summed E-state index contributed by atoms with van der Waals surface area (Å²) >= 11 is 0. The molecule has 21 heavy (non-hydrogen) atoms. The highest BCUT2D eigenvalue weighted by Gasteiger charge is 2.19. The van der Waals surface area contributed by atoms with Gasteiger partial charge in [0.2, 0.25) is 0 Å². The highest BCUT2D eigenvalue weighted by Crippen LogP contribution is 2.27. The van der Waals surface area contributed by atoms with Crippen LogP contribution in [0.4, 0.5) is 0 Å². The van der Waals surface area contributed by atoms with E-state index in [1.807, 2.05) is 6.07 Å². The lowest BCUT2D eigenvalue weighted by atomic mass is 9.89. The molecule has 1 aliphatic carbocycles. The van der Waals surface area contributed by atoms with E-state index in [2.05, 4.69) is 60.8 Å². The topological polar surface area (TPSA) is 21.3 Å². The molecule has 110 valence electrons. The van der Waals surface area contributed by atoms with Crippen molar-refractivity contribution in [2.24, 2.45) is 5.92 Å². The van der Waals surface area contributed by atoms with Gasteiger partial charge in [-0.15, -0.1) is 0 Å². The second-order valence-electron chi connectivity index (χ2n) is 5.77. The Bertz CT molecular complexity index is 556. The molecule has 2 heteroatoms. The molecule has 0 bridgehead atoms. The molecule has 0 saturated heterocycles. The number of rotatable bonds is 4. The Labute approximate surface area is 127 Å². The summed E-state index contributed by atoms with van der Waals surface area (Å²) in [5.74, 6) is 0.545. The molecule has 2 atom stereocenters. The van der Waals surface area contributed by atoms with Gasteiger partial charge in [0.15, 0.2) is 0 Å². The van der Waals surface area contributed by atoms with Crippen molar-refractivity contribution in [1.29, 1.82) is 0 Å². The zero-order valence-corrected chi connectivity index (χ0v) is 12.6. The predicted octanol–water partition coefficient (Wildman–Crippen LogP) is 3.28. The number of nitrogens with one attached hydrogen (secondary N) is 1. The van der Waals surface area contributed by atoms with Gasteiger partial charge in [-0.25, -0.2) is 0 Å². The van der Waals surface area contributed by atoms with E-state index in [1.54, 1.807) is 0 Å². The summed E-state index contributed by atoms with van der Waals surface area (Å²) in [5, 5.41) is 3.44. The second kappa shape index (κ2) is 6.88.